The average molecular weight is 221 g/mol. The number of allylic oxidation sites excluding steroid dienone is 5. The molecular weight excluding hydrogens is 198 g/mol. The van der Waals surface area contributed by atoms with Crippen LogP contribution in [0.1, 0.15) is 27.2 Å². The molecule has 0 aromatic heterocycles. The number of ether oxygens (including phenoxy) is 1. The predicted molar refractivity (Wildman–Crippen MR) is 71.1 cm³/mol. The van der Waals surface area contributed by atoms with Crippen molar-refractivity contribution < 1.29 is 4.74 Å². The summed E-state index contributed by atoms with van der Waals surface area (Å²) in [5.74, 6) is 0. The van der Waals surface area contributed by atoms with Gasteiger partial charge < -0.3 is 10.1 Å². The first-order valence-electron chi connectivity index (χ1n) is 5.76. The molecule has 0 aromatic rings. The molecule has 90 valence electrons. The molecule has 1 aliphatic rings. The third kappa shape index (κ3) is 4.49. The van der Waals surface area contributed by atoms with Gasteiger partial charge in [0.1, 0.15) is 6.23 Å². The zero-order valence-corrected chi connectivity index (χ0v) is 10.8. The Hall–Kier alpha value is -1.28. The topological polar surface area (TPSA) is 21.3 Å². The van der Waals surface area contributed by atoms with Gasteiger partial charge in [0.15, 0.2) is 0 Å². The van der Waals surface area contributed by atoms with Gasteiger partial charge in [-0.25, -0.2) is 0 Å². The molecule has 0 aromatic carbocycles. The van der Waals surface area contributed by atoms with Crippen LogP contribution in [-0.2, 0) is 4.74 Å². The minimum absolute atomic E-state index is 0.0429. The molecule has 2 nitrogen and oxygen atoms in total. The van der Waals surface area contributed by atoms with Crippen molar-refractivity contribution in [3.05, 3.63) is 48.2 Å². The Morgan fingerprint density at radius 3 is 2.69 bits per heavy atom. The maximum Gasteiger partial charge on any atom is 0.146 e. The lowest BCUT2D eigenvalue weighted by Crippen LogP contribution is -2.27. The second-order valence-electron chi connectivity index (χ2n) is 3.06. The molecule has 0 saturated carbocycles. The van der Waals surface area contributed by atoms with E-state index in [-0.39, 0.29) is 6.23 Å². The Labute approximate surface area is 99.4 Å². The van der Waals surface area contributed by atoms with Crippen LogP contribution in [0.2, 0.25) is 0 Å². The van der Waals surface area contributed by atoms with E-state index in [1.165, 1.54) is 5.57 Å². The maximum atomic E-state index is 5.24. The quantitative estimate of drug-likeness (QED) is 0.720. The molecule has 0 aliphatic carbocycles. The Kier molecular flexibility index (Phi) is 8.26. The monoisotopic (exact) mass is 221 g/mol. The number of rotatable bonds is 2. The van der Waals surface area contributed by atoms with Crippen LogP contribution in [0.4, 0.5) is 0 Å². The molecule has 0 spiro atoms. The largest absolute Gasteiger partial charge is 0.358 e. The summed E-state index contributed by atoms with van der Waals surface area (Å²) < 4.78 is 5.24. The summed E-state index contributed by atoms with van der Waals surface area (Å²) in [6, 6.07) is 0. The fourth-order valence-electron chi connectivity index (χ4n) is 1.41. The average Bonchev–Trinajstić information content (AvgIpc) is 2.54. The molecule has 0 amide bonds. The third-order valence-corrected chi connectivity index (χ3v) is 2.18. The summed E-state index contributed by atoms with van der Waals surface area (Å²) >= 11 is 0. The summed E-state index contributed by atoms with van der Waals surface area (Å²) in [6.07, 6.45) is 10.9. The fourth-order valence-corrected chi connectivity index (χ4v) is 1.41. The molecule has 0 saturated heterocycles. The normalized spacial score (nSPS) is 24.4. The predicted octanol–water partition coefficient (Wildman–Crippen LogP) is 3.55. The van der Waals surface area contributed by atoms with Crippen molar-refractivity contribution in [2.45, 2.75) is 33.4 Å². The lowest BCUT2D eigenvalue weighted by molar-refractivity contribution is 0.123. The third-order valence-electron chi connectivity index (χ3n) is 2.18. The van der Waals surface area contributed by atoms with Crippen molar-refractivity contribution in [2.24, 2.45) is 0 Å². The van der Waals surface area contributed by atoms with Crippen molar-refractivity contribution in [3.8, 4) is 0 Å². The van der Waals surface area contributed by atoms with Crippen LogP contribution in [0.15, 0.2) is 48.2 Å². The number of nitrogens with one attached hydrogen (secondary N) is 1. The van der Waals surface area contributed by atoms with E-state index >= 15 is 0 Å². The molecule has 1 heterocycles. The summed E-state index contributed by atoms with van der Waals surface area (Å²) in [6.45, 7) is 9.74. The van der Waals surface area contributed by atoms with Crippen LogP contribution < -0.4 is 5.32 Å². The van der Waals surface area contributed by atoms with Gasteiger partial charge in [0.05, 0.1) is 0 Å². The van der Waals surface area contributed by atoms with Gasteiger partial charge in [-0.3, -0.25) is 0 Å². The number of methoxy groups -OCH3 is 1. The van der Waals surface area contributed by atoms with Crippen LogP contribution in [-0.4, -0.2) is 13.3 Å². The van der Waals surface area contributed by atoms with Gasteiger partial charge in [-0.1, -0.05) is 38.7 Å². The second kappa shape index (κ2) is 8.98. The van der Waals surface area contributed by atoms with Gasteiger partial charge in [-0.2, -0.15) is 0 Å². The van der Waals surface area contributed by atoms with E-state index in [2.05, 4.69) is 24.0 Å². The van der Waals surface area contributed by atoms with Crippen molar-refractivity contribution in [1.29, 1.82) is 0 Å². The molecule has 1 N–H and O–H groups in total. The van der Waals surface area contributed by atoms with Crippen LogP contribution in [0.25, 0.3) is 0 Å². The molecule has 0 radical (unpaired) electrons. The van der Waals surface area contributed by atoms with Crippen LogP contribution in [0.3, 0.4) is 0 Å². The van der Waals surface area contributed by atoms with Gasteiger partial charge in [0.2, 0.25) is 0 Å². The first-order valence-corrected chi connectivity index (χ1v) is 5.76. The van der Waals surface area contributed by atoms with Gasteiger partial charge in [0.25, 0.3) is 0 Å². The Morgan fingerprint density at radius 1 is 1.50 bits per heavy atom. The smallest absolute Gasteiger partial charge is 0.146 e. The molecule has 1 rings (SSSR count). The van der Waals surface area contributed by atoms with Gasteiger partial charge in [0, 0.05) is 12.8 Å². The van der Waals surface area contributed by atoms with Crippen molar-refractivity contribution in [2.75, 3.05) is 7.11 Å². The molecule has 0 bridgehead atoms. The van der Waals surface area contributed by atoms with Gasteiger partial charge in [-0.05, 0) is 31.1 Å². The van der Waals surface area contributed by atoms with Gasteiger partial charge in [-0.15, -0.1) is 0 Å². The Morgan fingerprint density at radius 2 is 2.19 bits per heavy atom. The van der Waals surface area contributed by atoms with E-state index in [0.29, 0.717) is 0 Å². The minimum atomic E-state index is -0.0429. The zero-order chi connectivity index (χ0) is 12.4. The second-order valence-corrected chi connectivity index (χ2v) is 3.06. The fraction of sp³-hybridized carbons (Fsp3) is 0.429. The van der Waals surface area contributed by atoms with Crippen molar-refractivity contribution in [3.63, 3.8) is 0 Å². The van der Waals surface area contributed by atoms with Crippen molar-refractivity contribution >= 4 is 0 Å². The molecule has 0 fully saturated rings. The minimum Gasteiger partial charge on any atom is -0.358 e. The molecular formula is C14H23NO. The zero-order valence-electron chi connectivity index (χ0n) is 10.8. The summed E-state index contributed by atoms with van der Waals surface area (Å²) in [4.78, 5) is 0. The summed E-state index contributed by atoms with van der Waals surface area (Å²) in [7, 11) is 1.69. The highest BCUT2D eigenvalue weighted by molar-refractivity contribution is 5.35. The Bertz CT molecular complexity index is 287. The van der Waals surface area contributed by atoms with E-state index in [1.54, 1.807) is 13.2 Å². The van der Waals surface area contributed by atoms with E-state index < -0.39 is 0 Å². The Balaban J connectivity index is 0.00000106. The first-order chi connectivity index (χ1) is 7.81. The maximum absolute atomic E-state index is 5.24. The lowest BCUT2D eigenvalue weighted by atomic mass is 10.1. The molecule has 1 atom stereocenters. The highest BCUT2D eigenvalue weighted by Crippen LogP contribution is 2.17. The molecule has 16 heavy (non-hydrogen) atoms. The number of hydrogen-bond donors (Lipinski definition) is 1. The summed E-state index contributed by atoms with van der Waals surface area (Å²) in [5.41, 5.74) is 2.35. The SMILES string of the molecule is C=C/C=C1/NC(OC)C=CC/C1=C/C.CC. The van der Waals surface area contributed by atoms with E-state index in [4.69, 9.17) is 4.74 Å². The molecule has 1 unspecified atom stereocenters. The number of hydrogen-bond acceptors (Lipinski definition) is 2. The highest BCUT2D eigenvalue weighted by Gasteiger charge is 2.10. The van der Waals surface area contributed by atoms with E-state index in [0.717, 1.165) is 12.1 Å². The standard InChI is InChI=1S/C12H17NO.C2H6/c1-4-7-11-10(5-2)8-6-9-12(13-11)14-3;1-2/h4-7,9,12-13H,1,8H2,2-3H3;1-2H3/b10-5-,11-7+;. The summed E-state index contributed by atoms with van der Waals surface area (Å²) in [5, 5.41) is 3.28. The van der Waals surface area contributed by atoms with E-state index in [9.17, 15) is 0 Å². The van der Waals surface area contributed by atoms with Crippen LogP contribution >= 0.6 is 0 Å². The van der Waals surface area contributed by atoms with Crippen molar-refractivity contribution in [1.82, 2.24) is 5.32 Å². The lowest BCUT2D eigenvalue weighted by Gasteiger charge is -2.16. The highest BCUT2D eigenvalue weighted by atomic mass is 16.5. The van der Waals surface area contributed by atoms with E-state index in [1.807, 2.05) is 32.9 Å². The first kappa shape index (κ1) is 14.7. The molecule has 1 aliphatic heterocycles. The van der Waals surface area contributed by atoms with Crippen LogP contribution in [0, 0.1) is 0 Å². The van der Waals surface area contributed by atoms with Crippen LogP contribution in [0.5, 0.6) is 0 Å². The molecule has 2 heteroatoms. The van der Waals surface area contributed by atoms with Gasteiger partial charge >= 0.3 is 0 Å².